The Labute approximate surface area is 232 Å². The summed E-state index contributed by atoms with van der Waals surface area (Å²) in [5.41, 5.74) is 3.89. The minimum atomic E-state index is -0.406. The first-order valence-electron chi connectivity index (χ1n) is 12.7. The number of benzene rings is 2. The van der Waals surface area contributed by atoms with E-state index in [2.05, 4.69) is 31.4 Å². The second-order valence-corrected chi connectivity index (χ2v) is 12.8. The number of thiophene rings is 1. The van der Waals surface area contributed by atoms with Crippen LogP contribution in [0.3, 0.4) is 0 Å². The van der Waals surface area contributed by atoms with Crippen molar-refractivity contribution < 1.29 is 19.1 Å². The molecule has 0 aliphatic heterocycles. The zero-order chi connectivity index (χ0) is 27.4. The van der Waals surface area contributed by atoms with E-state index in [4.69, 9.17) is 4.74 Å². The van der Waals surface area contributed by atoms with Crippen molar-refractivity contribution in [1.82, 2.24) is 0 Å². The standard InChI is InChI=1S/C30H34N2O4S2/c1-18-9-6-7-12-22(18)27(34)31-20-10-8-11-21(16-20)37-17-25(33)32-28-26(29(35)36-5)23-14-13-19(30(2,3)4)15-24(23)38-28/h6-12,16,19H,13-15,17H2,1-5H3,(H,31,34)(H,32,33). The van der Waals surface area contributed by atoms with Gasteiger partial charge in [-0.2, -0.15) is 0 Å². The van der Waals surface area contributed by atoms with Crippen LogP contribution in [0.25, 0.3) is 0 Å². The molecule has 0 bridgehead atoms. The number of amides is 2. The Hall–Kier alpha value is -3.10. The molecule has 1 aliphatic rings. The molecule has 6 nitrogen and oxygen atoms in total. The number of thioether (sulfide) groups is 1. The predicted octanol–water partition coefficient (Wildman–Crippen LogP) is 6.98. The maximum Gasteiger partial charge on any atom is 0.341 e. The van der Waals surface area contributed by atoms with Crippen LogP contribution in [0.4, 0.5) is 10.7 Å². The molecule has 1 aromatic heterocycles. The number of fused-ring (bicyclic) bond motifs is 1. The molecule has 0 saturated carbocycles. The maximum atomic E-state index is 12.9. The Morgan fingerprint density at radius 2 is 1.84 bits per heavy atom. The fourth-order valence-electron chi connectivity index (χ4n) is 4.73. The first kappa shape index (κ1) is 27.9. The minimum Gasteiger partial charge on any atom is -0.465 e. The highest BCUT2D eigenvalue weighted by molar-refractivity contribution is 8.00. The number of ether oxygens (including phenoxy) is 1. The molecule has 0 fully saturated rings. The molecule has 1 atom stereocenters. The van der Waals surface area contributed by atoms with Crippen molar-refractivity contribution in [1.29, 1.82) is 0 Å². The zero-order valence-corrected chi connectivity index (χ0v) is 24.1. The maximum absolute atomic E-state index is 12.9. The van der Waals surface area contributed by atoms with E-state index in [1.54, 1.807) is 6.07 Å². The summed E-state index contributed by atoms with van der Waals surface area (Å²) in [4.78, 5) is 40.3. The number of aryl methyl sites for hydroxylation is 1. The molecule has 1 aliphatic carbocycles. The molecule has 0 radical (unpaired) electrons. The lowest BCUT2D eigenvalue weighted by molar-refractivity contribution is -0.113. The Balaban J connectivity index is 1.42. The van der Waals surface area contributed by atoms with Crippen LogP contribution in [0.1, 0.15) is 63.9 Å². The van der Waals surface area contributed by atoms with E-state index in [-0.39, 0.29) is 23.0 Å². The molecule has 38 heavy (non-hydrogen) atoms. The van der Waals surface area contributed by atoms with E-state index in [0.29, 0.717) is 27.7 Å². The van der Waals surface area contributed by atoms with Crippen molar-refractivity contribution in [3.63, 3.8) is 0 Å². The number of hydrogen-bond acceptors (Lipinski definition) is 6. The summed E-state index contributed by atoms with van der Waals surface area (Å²) in [5, 5.41) is 6.47. The average Bonchev–Trinajstić information content (AvgIpc) is 3.24. The molecule has 0 spiro atoms. The molecule has 0 saturated heterocycles. The smallest absolute Gasteiger partial charge is 0.341 e. The lowest BCUT2D eigenvalue weighted by atomic mass is 9.72. The van der Waals surface area contributed by atoms with Gasteiger partial charge in [0, 0.05) is 21.0 Å². The van der Waals surface area contributed by atoms with Gasteiger partial charge in [-0.1, -0.05) is 45.0 Å². The second-order valence-electron chi connectivity index (χ2n) is 10.6. The van der Waals surface area contributed by atoms with Crippen LogP contribution in [0.2, 0.25) is 0 Å². The Morgan fingerprint density at radius 1 is 1.08 bits per heavy atom. The summed E-state index contributed by atoms with van der Waals surface area (Å²) in [7, 11) is 1.37. The van der Waals surface area contributed by atoms with Gasteiger partial charge in [-0.3, -0.25) is 9.59 Å². The van der Waals surface area contributed by atoms with Crippen LogP contribution in [0.15, 0.2) is 53.4 Å². The molecule has 1 heterocycles. The van der Waals surface area contributed by atoms with Gasteiger partial charge in [-0.15, -0.1) is 23.1 Å². The molecule has 2 N–H and O–H groups in total. The molecule has 1 unspecified atom stereocenters. The molecular formula is C30H34N2O4S2. The van der Waals surface area contributed by atoms with E-state index >= 15 is 0 Å². The van der Waals surface area contributed by atoms with Crippen LogP contribution in [-0.4, -0.2) is 30.6 Å². The first-order chi connectivity index (χ1) is 18.1. The lowest BCUT2D eigenvalue weighted by Gasteiger charge is -2.33. The van der Waals surface area contributed by atoms with Crippen LogP contribution < -0.4 is 10.6 Å². The lowest BCUT2D eigenvalue weighted by Crippen LogP contribution is -2.26. The van der Waals surface area contributed by atoms with Gasteiger partial charge in [0.2, 0.25) is 5.91 Å². The number of methoxy groups -OCH3 is 1. The Bertz CT molecular complexity index is 1360. The third kappa shape index (κ3) is 6.48. The number of anilines is 2. The largest absolute Gasteiger partial charge is 0.465 e. The van der Waals surface area contributed by atoms with Crippen LogP contribution in [-0.2, 0) is 22.4 Å². The number of carbonyl (C=O) groups excluding carboxylic acids is 3. The summed E-state index contributed by atoms with van der Waals surface area (Å²) < 4.78 is 5.07. The summed E-state index contributed by atoms with van der Waals surface area (Å²) in [5.74, 6) is -0.0778. The molecular weight excluding hydrogens is 516 g/mol. The van der Waals surface area contributed by atoms with Gasteiger partial charge in [-0.25, -0.2) is 4.79 Å². The van der Waals surface area contributed by atoms with E-state index in [9.17, 15) is 14.4 Å². The van der Waals surface area contributed by atoms with Crippen molar-refractivity contribution in [2.24, 2.45) is 11.3 Å². The fourth-order valence-corrected chi connectivity index (χ4v) is 6.82. The van der Waals surface area contributed by atoms with Gasteiger partial charge in [0.1, 0.15) is 5.00 Å². The van der Waals surface area contributed by atoms with E-state index in [0.717, 1.165) is 40.2 Å². The van der Waals surface area contributed by atoms with Gasteiger partial charge in [0.15, 0.2) is 0 Å². The highest BCUT2D eigenvalue weighted by Crippen LogP contribution is 2.44. The molecule has 3 aromatic rings. The van der Waals surface area contributed by atoms with Crippen LogP contribution in [0, 0.1) is 18.3 Å². The summed E-state index contributed by atoms with van der Waals surface area (Å²) >= 11 is 2.87. The van der Waals surface area contributed by atoms with Gasteiger partial charge in [0.25, 0.3) is 5.91 Å². The van der Waals surface area contributed by atoms with Crippen molar-refractivity contribution in [3.8, 4) is 0 Å². The summed E-state index contributed by atoms with van der Waals surface area (Å²) in [6, 6.07) is 14.9. The number of carbonyl (C=O) groups is 3. The molecule has 200 valence electrons. The molecule has 2 aromatic carbocycles. The van der Waals surface area contributed by atoms with Crippen molar-refractivity contribution in [2.45, 2.75) is 51.9 Å². The number of esters is 1. The van der Waals surface area contributed by atoms with E-state index in [1.165, 1.54) is 30.2 Å². The third-order valence-corrected chi connectivity index (χ3v) is 9.15. The van der Waals surface area contributed by atoms with Crippen LogP contribution >= 0.6 is 23.1 Å². The quantitative estimate of drug-likeness (QED) is 0.245. The minimum absolute atomic E-state index is 0.170. The Morgan fingerprint density at radius 3 is 2.55 bits per heavy atom. The second kappa shape index (κ2) is 11.7. The van der Waals surface area contributed by atoms with Crippen molar-refractivity contribution in [3.05, 3.63) is 75.7 Å². The normalized spacial score (nSPS) is 14.9. The fraction of sp³-hybridized carbons (Fsp3) is 0.367. The zero-order valence-electron chi connectivity index (χ0n) is 22.5. The topological polar surface area (TPSA) is 84.5 Å². The SMILES string of the molecule is COC(=O)c1c(NC(=O)CSc2cccc(NC(=O)c3ccccc3C)c2)sc2c1CCC(C(C)(C)C)C2. The summed E-state index contributed by atoms with van der Waals surface area (Å²) in [6.07, 6.45) is 2.72. The molecule has 4 rings (SSSR count). The highest BCUT2D eigenvalue weighted by atomic mass is 32.2. The Kier molecular flexibility index (Phi) is 8.63. The van der Waals surface area contributed by atoms with Crippen molar-refractivity contribution in [2.75, 3.05) is 23.5 Å². The highest BCUT2D eigenvalue weighted by Gasteiger charge is 2.34. The van der Waals surface area contributed by atoms with Gasteiger partial charge >= 0.3 is 5.97 Å². The van der Waals surface area contributed by atoms with Gasteiger partial charge in [0.05, 0.1) is 18.4 Å². The number of nitrogens with one attached hydrogen (secondary N) is 2. The van der Waals surface area contributed by atoms with Gasteiger partial charge < -0.3 is 15.4 Å². The molecule has 8 heteroatoms. The summed E-state index contributed by atoms with van der Waals surface area (Å²) in [6.45, 7) is 8.65. The monoisotopic (exact) mass is 550 g/mol. The predicted molar refractivity (Wildman–Crippen MR) is 156 cm³/mol. The van der Waals surface area contributed by atoms with Crippen molar-refractivity contribution >= 4 is 51.6 Å². The average molecular weight is 551 g/mol. The van der Waals surface area contributed by atoms with E-state index < -0.39 is 5.97 Å². The first-order valence-corrected chi connectivity index (χ1v) is 14.5. The third-order valence-electron chi connectivity index (χ3n) is 6.98. The van der Waals surface area contributed by atoms with Crippen LogP contribution in [0.5, 0.6) is 0 Å². The van der Waals surface area contributed by atoms with E-state index in [1.807, 2.05) is 49.4 Å². The molecule has 2 amide bonds. The number of rotatable bonds is 7. The number of hydrogen-bond donors (Lipinski definition) is 2. The van der Waals surface area contributed by atoms with Gasteiger partial charge in [-0.05, 0) is 72.9 Å².